The van der Waals surface area contributed by atoms with E-state index >= 15 is 0 Å². The molecule has 2 aromatic rings. The second-order valence-electron chi connectivity index (χ2n) is 7.90. The van der Waals surface area contributed by atoms with Gasteiger partial charge in [0.1, 0.15) is 20.2 Å². The van der Waals surface area contributed by atoms with Crippen LogP contribution in [0.3, 0.4) is 0 Å². The molecule has 0 aromatic heterocycles. The van der Waals surface area contributed by atoms with E-state index in [1.807, 2.05) is 27.7 Å². The van der Waals surface area contributed by atoms with Crippen LogP contribution in [0.25, 0.3) is 0 Å². The molecule has 0 heterocycles. The quantitative estimate of drug-likeness (QED) is 0.359. The molecule has 0 aliphatic rings. The van der Waals surface area contributed by atoms with Crippen molar-refractivity contribution in [3.05, 3.63) is 46.5 Å². The summed E-state index contributed by atoms with van der Waals surface area (Å²) < 4.78 is 69.3. The van der Waals surface area contributed by atoms with Gasteiger partial charge in [-0.1, -0.05) is 27.7 Å². The molecular weight excluding hydrogens is 476 g/mol. The lowest BCUT2D eigenvalue weighted by Gasteiger charge is -2.16. The minimum absolute atomic E-state index is 0.267. The molecule has 0 spiro atoms. The van der Waals surface area contributed by atoms with Gasteiger partial charge in [0.25, 0.3) is 0 Å². The Kier molecular flexibility index (Phi) is 8.92. The van der Waals surface area contributed by atoms with Crippen LogP contribution in [0.2, 0.25) is 0 Å². The SMILES string of the molecule is CCc1cc(S(=O)(=O)[O-])cc(CC)c1N=C(C)C(C)=Nc1c(CC)cc(S(=O)(=O)[O-])cc1CC. The highest BCUT2D eigenvalue weighted by molar-refractivity contribution is 7.86. The zero-order chi connectivity index (χ0) is 25.8. The van der Waals surface area contributed by atoms with Crippen LogP contribution < -0.4 is 0 Å². The van der Waals surface area contributed by atoms with Gasteiger partial charge >= 0.3 is 0 Å². The molecule has 0 aliphatic carbocycles. The predicted octanol–water partition coefficient (Wildman–Crippen LogP) is 4.63. The number of aryl methyl sites for hydroxylation is 4. The Morgan fingerprint density at radius 3 is 1.03 bits per heavy atom. The summed E-state index contributed by atoms with van der Waals surface area (Å²) in [6.07, 6.45) is 1.96. The van der Waals surface area contributed by atoms with Gasteiger partial charge in [-0.2, -0.15) is 0 Å². The topological polar surface area (TPSA) is 139 Å². The number of hydrogen-bond acceptors (Lipinski definition) is 8. The molecule has 0 fully saturated rings. The van der Waals surface area contributed by atoms with Crippen molar-refractivity contribution < 1.29 is 25.9 Å². The summed E-state index contributed by atoms with van der Waals surface area (Å²) in [5.41, 5.74) is 5.00. The van der Waals surface area contributed by atoms with Crippen molar-refractivity contribution in [1.82, 2.24) is 0 Å². The van der Waals surface area contributed by atoms with Gasteiger partial charge in [0.2, 0.25) is 0 Å². The molecule has 0 amide bonds. The van der Waals surface area contributed by atoms with Crippen molar-refractivity contribution in [2.24, 2.45) is 9.98 Å². The first kappa shape index (κ1) is 27.8. The molecule has 2 rings (SSSR count). The van der Waals surface area contributed by atoms with Gasteiger partial charge in [-0.25, -0.2) is 16.8 Å². The highest BCUT2D eigenvalue weighted by Gasteiger charge is 2.15. The first-order chi connectivity index (χ1) is 15.8. The van der Waals surface area contributed by atoms with E-state index in [4.69, 9.17) is 9.98 Å². The van der Waals surface area contributed by atoms with E-state index in [0.29, 0.717) is 70.7 Å². The van der Waals surface area contributed by atoms with Gasteiger partial charge in [-0.3, -0.25) is 9.98 Å². The van der Waals surface area contributed by atoms with Crippen molar-refractivity contribution in [2.75, 3.05) is 0 Å². The predicted molar refractivity (Wildman–Crippen MR) is 132 cm³/mol. The molecule has 0 atom stereocenters. The van der Waals surface area contributed by atoms with Crippen LogP contribution in [0.15, 0.2) is 44.0 Å². The van der Waals surface area contributed by atoms with Crippen molar-refractivity contribution in [2.45, 2.75) is 77.0 Å². The summed E-state index contributed by atoms with van der Waals surface area (Å²) >= 11 is 0. The van der Waals surface area contributed by atoms with E-state index in [1.165, 1.54) is 24.3 Å². The molecule has 0 aliphatic heterocycles. The molecule has 0 radical (unpaired) electrons. The molecule has 2 aromatic carbocycles. The fourth-order valence-corrected chi connectivity index (χ4v) is 4.75. The molecule has 10 heteroatoms. The van der Waals surface area contributed by atoms with E-state index in [1.54, 1.807) is 13.8 Å². The maximum atomic E-state index is 11.6. The summed E-state index contributed by atoms with van der Waals surface area (Å²) in [7, 11) is -9.17. The average molecular weight is 507 g/mol. The van der Waals surface area contributed by atoms with Crippen LogP contribution in [0.4, 0.5) is 11.4 Å². The zero-order valence-corrected chi connectivity index (χ0v) is 21.9. The average Bonchev–Trinajstić information content (AvgIpc) is 2.77. The molecule has 0 saturated carbocycles. The highest BCUT2D eigenvalue weighted by atomic mass is 32.2. The Labute approximate surface area is 202 Å². The zero-order valence-electron chi connectivity index (χ0n) is 20.3. The fourth-order valence-electron chi connectivity index (χ4n) is 3.61. The first-order valence-electron chi connectivity index (χ1n) is 11.1. The molecule has 0 bridgehead atoms. The Balaban J connectivity index is 2.67. The van der Waals surface area contributed by atoms with Crippen molar-refractivity contribution >= 4 is 43.0 Å². The Morgan fingerprint density at radius 1 is 0.618 bits per heavy atom. The van der Waals surface area contributed by atoms with Gasteiger partial charge < -0.3 is 9.11 Å². The first-order valence-corrected chi connectivity index (χ1v) is 13.9. The molecule has 0 saturated heterocycles. The third-order valence-electron chi connectivity index (χ3n) is 5.67. The minimum Gasteiger partial charge on any atom is -0.744 e. The molecule has 34 heavy (non-hydrogen) atoms. The van der Waals surface area contributed by atoms with Gasteiger partial charge in [0, 0.05) is 0 Å². The van der Waals surface area contributed by atoms with Crippen molar-refractivity contribution in [3.8, 4) is 0 Å². The lowest BCUT2D eigenvalue weighted by Crippen LogP contribution is -2.08. The number of hydrogen-bond donors (Lipinski definition) is 0. The summed E-state index contributed by atoms with van der Waals surface area (Å²) in [4.78, 5) is 8.93. The number of aliphatic imine (C=N–C) groups is 2. The smallest absolute Gasteiger partial charge is 0.124 e. The van der Waals surface area contributed by atoms with Crippen LogP contribution in [-0.4, -0.2) is 37.4 Å². The molecule has 186 valence electrons. The Hall–Kier alpha value is -2.40. The van der Waals surface area contributed by atoms with Gasteiger partial charge in [0.15, 0.2) is 0 Å². The van der Waals surface area contributed by atoms with Crippen molar-refractivity contribution in [1.29, 1.82) is 0 Å². The van der Waals surface area contributed by atoms with E-state index in [-0.39, 0.29) is 9.79 Å². The molecule has 0 unspecified atom stereocenters. The molecule has 8 nitrogen and oxygen atoms in total. The number of nitrogens with zero attached hydrogens (tertiary/aromatic N) is 2. The third-order valence-corrected chi connectivity index (χ3v) is 7.29. The standard InChI is InChI=1S/C24H32N2O6S2/c1-7-17-11-21(33(27,28)29)12-18(8-2)23(17)25-15(5)16(6)26-24-19(9-3)13-22(34(30,31)32)14-20(24)10-4/h11-14H,7-10H2,1-6H3,(H,27,28,29)(H,30,31,32)/p-2. The van der Waals surface area contributed by atoms with E-state index in [9.17, 15) is 25.9 Å². The highest BCUT2D eigenvalue weighted by Crippen LogP contribution is 2.32. The van der Waals surface area contributed by atoms with Crippen molar-refractivity contribution in [3.63, 3.8) is 0 Å². The van der Waals surface area contributed by atoms with Crippen LogP contribution in [0.1, 0.15) is 63.8 Å². The monoisotopic (exact) mass is 506 g/mol. The van der Waals surface area contributed by atoms with Gasteiger partial charge in [-0.05, 0) is 86.1 Å². The number of rotatable bonds is 9. The second kappa shape index (κ2) is 10.9. The van der Waals surface area contributed by atoms with E-state index < -0.39 is 20.2 Å². The second-order valence-corrected chi connectivity index (χ2v) is 10.7. The van der Waals surface area contributed by atoms with Gasteiger partial charge in [0.05, 0.1) is 32.6 Å². The largest absolute Gasteiger partial charge is 0.744 e. The lowest BCUT2D eigenvalue weighted by molar-refractivity contribution is 0.460. The Bertz CT molecular complexity index is 1200. The fraction of sp³-hybridized carbons (Fsp3) is 0.417. The maximum absolute atomic E-state index is 11.6. The van der Waals surface area contributed by atoms with Crippen LogP contribution >= 0.6 is 0 Å². The summed E-state index contributed by atoms with van der Waals surface area (Å²) in [6.45, 7) is 11.0. The van der Waals surface area contributed by atoms with Crippen LogP contribution in [0, 0.1) is 0 Å². The lowest BCUT2D eigenvalue weighted by atomic mass is 10.0. The maximum Gasteiger partial charge on any atom is 0.124 e. The van der Waals surface area contributed by atoms with E-state index in [2.05, 4.69) is 0 Å². The summed E-state index contributed by atoms with van der Waals surface area (Å²) in [6, 6.07) is 5.47. The third kappa shape index (κ3) is 6.38. The van der Waals surface area contributed by atoms with Gasteiger partial charge in [-0.15, -0.1) is 0 Å². The normalized spacial score (nSPS) is 13.4. The van der Waals surface area contributed by atoms with E-state index in [0.717, 1.165) is 0 Å². The van der Waals surface area contributed by atoms with Crippen LogP contribution in [-0.2, 0) is 45.9 Å². The number of benzene rings is 2. The van der Waals surface area contributed by atoms with Crippen LogP contribution in [0.5, 0.6) is 0 Å². The summed E-state index contributed by atoms with van der Waals surface area (Å²) in [5, 5.41) is 0. The Morgan fingerprint density at radius 2 is 0.853 bits per heavy atom. The minimum atomic E-state index is -4.59. The molecular formula is C24H30N2O6S2-2. The summed E-state index contributed by atoms with van der Waals surface area (Å²) in [5.74, 6) is 0. The molecule has 0 N–H and O–H groups in total.